The number of benzene rings is 1. The van der Waals surface area contributed by atoms with Crippen molar-refractivity contribution >= 4 is 0 Å². The first-order valence-electron chi connectivity index (χ1n) is 4.82. The number of aliphatic hydroxyl groups excluding tert-OH is 1. The number of nitrogens with one attached hydrogen (secondary N) is 1. The molecule has 0 bridgehead atoms. The van der Waals surface area contributed by atoms with Crippen LogP contribution in [-0.2, 0) is 0 Å². The molecule has 3 heteroatoms. The van der Waals surface area contributed by atoms with Gasteiger partial charge in [-0.3, -0.25) is 0 Å². The zero-order chi connectivity index (χ0) is 10.4. The van der Waals surface area contributed by atoms with Crippen LogP contribution < -0.4 is 10.1 Å². The second kappa shape index (κ2) is 5.62. The van der Waals surface area contributed by atoms with Crippen LogP contribution in [0.2, 0.25) is 0 Å². The van der Waals surface area contributed by atoms with Gasteiger partial charge in [-0.15, -0.1) is 0 Å². The van der Waals surface area contributed by atoms with Gasteiger partial charge < -0.3 is 15.2 Å². The second-order valence-electron chi connectivity index (χ2n) is 3.03. The number of aliphatic hydroxyl groups is 1. The molecule has 0 unspecified atom stereocenters. The molecule has 0 aliphatic rings. The summed E-state index contributed by atoms with van der Waals surface area (Å²) in [6.07, 6.45) is 0. The summed E-state index contributed by atoms with van der Waals surface area (Å²) in [5.41, 5.74) is 1.07. The number of hydrogen-bond donors (Lipinski definition) is 2. The van der Waals surface area contributed by atoms with Crippen LogP contribution in [0.3, 0.4) is 0 Å². The fourth-order valence-electron chi connectivity index (χ4n) is 1.33. The molecular weight excluding hydrogens is 178 g/mol. The molecule has 0 radical (unpaired) electrons. The molecule has 0 aromatic heterocycles. The van der Waals surface area contributed by atoms with Crippen molar-refractivity contribution in [2.24, 2.45) is 0 Å². The van der Waals surface area contributed by atoms with E-state index in [1.807, 2.05) is 38.2 Å². The van der Waals surface area contributed by atoms with E-state index < -0.39 is 0 Å². The Hall–Kier alpha value is -1.06. The van der Waals surface area contributed by atoms with Gasteiger partial charge in [0.05, 0.1) is 19.3 Å². The van der Waals surface area contributed by atoms with Gasteiger partial charge in [-0.2, -0.15) is 0 Å². The molecule has 1 rings (SSSR count). The lowest BCUT2D eigenvalue weighted by atomic mass is 10.1. The van der Waals surface area contributed by atoms with Gasteiger partial charge >= 0.3 is 0 Å². The van der Waals surface area contributed by atoms with Gasteiger partial charge in [0.15, 0.2) is 0 Å². The molecule has 0 aliphatic heterocycles. The van der Waals surface area contributed by atoms with Gasteiger partial charge in [0.1, 0.15) is 5.75 Å². The molecule has 0 saturated heterocycles. The van der Waals surface area contributed by atoms with E-state index in [0.29, 0.717) is 6.61 Å². The van der Waals surface area contributed by atoms with Crippen molar-refractivity contribution < 1.29 is 9.84 Å². The maximum Gasteiger partial charge on any atom is 0.119 e. The minimum atomic E-state index is 0.00526. The van der Waals surface area contributed by atoms with Crippen molar-refractivity contribution in [1.82, 2.24) is 5.32 Å². The third-order valence-corrected chi connectivity index (χ3v) is 2.12. The second-order valence-corrected chi connectivity index (χ2v) is 3.03. The lowest BCUT2D eigenvalue weighted by Gasteiger charge is -2.13. The van der Waals surface area contributed by atoms with Gasteiger partial charge in [-0.1, -0.05) is 12.1 Å². The van der Waals surface area contributed by atoms with Crippen LogP contribution in [0.25, 0.3) is 0 Å². The Bertz CT molecular complexity index is 254. The van der Waals surface area contributed by atoms with Crippen molar-refractivity contribution in [2.75, 3.05) is 20.3 Å². The van der Waals surface area contributed by atoms with Gasteiger partial charge in [-0.25, -0.2) is 0 Å². The number of ether oxygens (including phenoxy) is 1. The topological polar surface area (TPSA) is 41.5 Å². The van der Waals surface area contributed by atoms with Crippen LogP contribution in [0, 0.1) is 0 Å². The standard InChI is InChI=1S/C11H17NO2/c1-3-14-10-6-4-9(5-7-10)11(8-13)12-2/h4-7,11-13H,3,8H2,1-2H3/t11-/m0/s1. The van der Waals surface area contributed by atoms with E-state index in [1.54, 1.807) is 0 Å². The third-order valence-electron chi connectivity index (χ3n) is 2.12. The Labute approximate surface area is 84.7 Å². The summed E-state index contributed by atoms with van der Waals surface area (Å²) < 4.78 is 5.32. The largest absolute Gasteiger partial charge is 0.494 e. The highest BCUT2D eigenvalue weighted by molar-refractivity contribution is 5.29. The van der Waals surface area contributed by atoms with Crippen LogP contribution in [0.5, 0.6) is 5.75 Å². The average molecular weight is 195 g/mol. The quantitative estimate of drug-likeness (QED) is 0.745. The first-order valence-corrected chi connectivity index (χ1v) is 4.82. The molecule has 0 saturated carbocycles. The Kier molecular flexibility index (Phi) is 4.43. The number of hydrogen-bond acceptors (Lipinski definition) is 3. The van der Waals surface area contributed by atoms with Gasteiger partial charge in [0.2, 0.25) is 0 Å². The summed E-state index contributed by atoms with van der Waals surface area (Å²) in [6.45, 7) is 2.73. The fourth-order valence-corrected chi connectivity index (χ4v) is 1.33. The van der Waals surface area contributed by atoms with Crippen molar-refractivity contribution in [3.05, 3.63) is 29.8 Å². The molecule has 0 spiro atoms. The smallest absolute Gasteiger partial charge is 0.119 e. The Balaban J connectivity index is 2.71. The average Bonchev–Trinajstić information content (AvgIpc) is 2.23. The minimum absolute atomic E-state index is 0.00526. The highest BCUT2D eigenvalue weighted by Crippen LogP contribution is 2.17. The monoisotopic (exact) mass is 195 g/mol. The Morgan fingerprint density at radius 2 is 2.00 bits per heavy atom. The molecule has 78 valence electrons. The van der Waals surface area contributed by atoms with Crippen LogP contribution in [0.4, 0.5) is 0 Å². The van der Waals surface area contributed by atoms with Crippen LogP contribution in [0.1, 0.15) is 18.5 Å². The minimum Gasteiger partial charge on any atom is -0.494 e. The normalized spacial score (nSPS) is 12.5. The molecule has 2 N–H and O–H groups in total. The van der Waals surface area contributed by atoms with E-state index in [0.717, 1.165) is 11.3 Å². The van der Waals surface area contributed by atoms with E-state index in [4.69, 9.17) is 9.84 Å². The van der Waals surface area contributed by atoms with Gasteiger partial charge in [-0.05, 0) is 31.7 Å². The summed E-state index contributed by atoms with van der Waals surface area (Å²) in [6, 6.07) is 7.76. The molecule has 0 heterocycles. The molecule has 1 aromatic rings. The van der Waals surface area contributed by atoms with E-state index in [2.05, 4.69) is 5.32 Å². The molecular formula is C11H17NO2. The predicted octanol–water partition coefficient (Wildman–Crippen LogP) is 1.34. The maximum atomic E-state index is 9.06. The fraction of sp³-hybridized carbons (Fsp3) is 0.455. The van der Waals surface area contributed by atoms with Crippen molar-refractivity contribution in [1.29, 1.82) is 0 Å². The highest BCUT2D eigenvalue weighted by atomic mass is 16.5. The van der Waals surface area contributed by atoms with Crippen LogP contribution in [-0.4, -0.2) is 25.4 Å². The van der Waals surface area contributed by atoms with E-state index in [1.165, 1.54) is 0 Å². The molecule has 0 aliphatic carbocycles. The highest BCUT2D eigenvalue weighted by Gasteiger charge is 2.06. The van der Waals surface area contributed by atoms with Crippen molar-refractivity contribution in [2.45, 2.75) is 13.0 Å². The SMILES string of the molecule is CCOc1ccc([C@H](CO)NC)cc1. The lowest BCUT2D eigenvalue weighted by molar-refractivity contribution is 0.251. The first-order chi connectivity index (χ1) is 6.81. The lowest BCUT2D eigenvalue weighted by Crippen LogP contribution is -2.19. The van der Waals surface area contributed by atoms with E-state index >= 15 is 0 Å². The number of likely N-dealkylation sites (N-methyl/N-ethyl adjacent to an activating group) is 1. The predicted molar refractivity (Wildman–Crippen MR) is 56.5 cm³/mol. The third kappa shape index (κ3) is 2.72. The number of rotatable bonds is 5. The van der Waals surface area contributed by atoms with Gasteiger partial charge in [0, 0.05) is 0 Å². The molecule has 1 atom stereocenters. The molecule has 3 nitrogen and oxygen atoms in total. The van der Waals surface area contributed by atoms with Crippen LogP contribution in [0.15, 0.2) is 24.3 Å². The first kappa shape index (κ1) is 11.0. The molecule has 14 heavy (non-hydrogen) atoms. The summed E-state index contributed by atoms with van der Waals surface area (Å²) in [7, 11) is 1.83. The van der Waals surface area contributed by atoms with E-state index in [9.17, 15) is 0 Å². The maximum absolute atomic E-state index is 9.06. The van der Waals surface area contributed by atoms with Crippen LogP contribution >= 0.6 is 0 Å². The molecule has 0 fully saturated rings. The summed E-state index contributed by atoms with van der Waals surface area (Å²) in [5, 5.41) is 12.1. The van der Waals surface area contributed by atoms with Crippen molar-refractivity contribution in [3.8, 4) is 5.75 Å². The van der Waals surface area contributed by atoms with Crippen molar-refractivity contribution in [3.63, 3.8) is 0 Å². The van der Waals surface area contributed by atoms with Gasteiger partial charge in [0.25, 0.3) is 0 Å². The summed E-state index contributed by atoms with van der Waals surface area (Å²) >= 11 is 0. The van der Waals surface area contributed by atoms with E-state index in [-0.39, 0.29) is 12.6 Å². The Morgan fingerprint density at radius 3 is 2.43 bits per heavy atom. The molecule has 1 aromatic carbocycles. The molecule has 0 amide bonds. The Morgan fingerprint density at radius 1 is 1.36 bits per heavy atom. The zero-order valence-electron chi connectivity index (χ0n) is 8.66. The zero-order valence-corrected chi connectivity index (χ0v) is 8.66. The summed E-state index contributed by atoms with van der Waals surface area (Å²) in [5.74, 6) is 0.865. The summed E-state index contributed by atoms with van der Waals surface area (Å²) in [4.78, 5) is 0.